The summed E-state index contributed by atoms with van der Waals surface area (Å²) in [7, 11) is 1.58. The Hall–Kier alpha value is -2.14. The van der Waals surface area contributed by atoms with Gasteiger partial charge in [0.05, 0.1) is 13.7 Å². The van der Waals surface area contributed by atoms with Crippen LogP contribution >= 0.6 is 0 Å². The molecular formula is C14H14FNO3. The van der Waals surface area contributed by atoms with Crippen LogP contribution in [0, 0.1) is 5.82 Å². The highest BCUT2D eigenvalue weighted by molar-refractivity contribution is 5.29. The molecule has 0 saturated heterocycles. The van der Waals surface area contributed by atoms with Crippen LogP contribution in [0.5, 0.6) is 11.6 Å². The first-order valence-electron chi connectivity index (χ1n) is 5.74. The van der Waals surface area contributed by atoms with E-state index in [1.54, 1.807) is 13.2 Å². The topological polar surface area (TPSA) is 51.6 Å². The molecule has 4 nitrogen and oxygen atoms in total. The maximum Gasteiger partial charge on any atom is 0.251 e. The molecule has 0 saturated carbocycles. The number of ether oxygens (including phenoxy) is 2. The Balaban J connectivity index is 2.10. The number of hydrogen-bond donors (Lipinski definition) is 1. The third-order valence-corrected chi connectivity index (χ3v) is 2.62. The number of rotatable bonds is 5. The number of aliphatic hydroxyl groups is 1. The number of benzene rings is 1. The SMILES string of the molecule is COc1cccc(COc2nccc(CO)c2F)c1. The predicted molar refractivity (Wildman–Crippen MR) is 67.4 cm³/mol. The van der Waals surface area contributed by atoms with Crippen molar-refractivity contribution in [2.75, 3.05) is 7.11 Å². The van der Waals surface area contributed by atoms with Crippen LogP contribution in [0.2, 0.25) is 0 Å². The van der Waals surface area contributed by atoms with Gasteiger partial charge in [0, 0.05) is 11.8 Å². The van der Waals surface area contributed by atoms with E-state index in [2.05, 4.69) is 4.98 Å². The molecule has 0 fully saturated rings. The Bertz CT molecular complexity index is 560. The van der Waals surface area contributed by atoms with Crippen molar-refractivity contribution in [2.24, 2.45) is 0 Å². The summed E-state index contributed by atoms with van der Waals surface area (Å²) in [4.78, 5) is 3.80. The molecule has 2 rings (SSSR count). The third kappa shape index (κ3) is 3.20. The lowest BCUT2D eigenvalue weighted by molar-refractivity contribution is 0.256. The number of aliphatic hydroxyl groups excluding tert-OH is 1. The predicted octanol–water partition coefficient (Wildman–Crippen LogP) is 2.30. The molecule has 0 spiro atoms. The van der Waals surface area contributed by atoms with Crippen LogP contribution in [0.1, 0.15) is 11.1 Å². The van der Waals surface area contributed by atoms with Crippen LogP contribution in [0.4, 0.5) is 4.39 Å². The fraction of sp³-hybridized carbons (Fsp3) is 0.214. The molecule has 0 aliphatic rings. The van der Waals surface area contributed by atoms with Crippen molar-refractivity contribution in [3.8, 4) is 11.6 Å². The van der Waals surface area contributed by atoms with Crippen LogP contribution in [-0.4, -0.2) is 17.2 Å². The molecule has 1 N–H and O–H groups in total. The van der Waals surface area contributed by atoms with Gasteiger partial charge in [0.25, 0.3) is 5.88 Å². The molecule has 0 unspecified atom stereocenters. The Morgan fingerprint density at radius 1 is 1.32 bits per heavy atom. The third-order valence-electron chi connectivity index (χ3n) is 2.62. The monoisotopic (exact) mass is 263 g/mol. The second kappa shape index (κ2) is 6.15. The van der Waals surface area contributed by atoms with E-state index in [4.69, 9.17) is 14.6 Å². The first-order chi connectivity index (χ1) is 9.24. The lowest BCUT2D eigenvalue weighted by Crippen LogP contribution is -2.02. The van der Waals surface area contributed by atoms with E-state index in [1.807, 2.05) is 18.2 Å². The summed E-state index contributed by atoms with van der Waals surface area (Å²) in [6, 6.07) is 8.69. The summed E-state index contributed by atoms with van der Waals surface area (Å²) in [5.74, 6) is -0.0408. The standard InChI is InChI=1S/C14H14FNO3/c1-18-12-4-2-3-10(7-12)9-19-14-13(15)11(8-17)5-6-16-14/h2-7,17H,8-9H2,1H3. The summed E-state index contributed by atoms with van der Waals surface area (Å²) < 4.78 is 24.1. The van der Waals surface area contributed by atoms with Gasteiger partial charge in [-0.15, -0.1) is 0 Å². The van der Waals surface area contributed by atoms with Crippen molar-refractivity contribution < 1.29 is 19.0 Å². The fourth-order valence-electron chi connectivity index (χ4n) is 1.60. The zero-order valence-corrected chi connectivity index (χ0v) is 10.5. The van der Waals surface area contributed by atoms with Gasteiger partial charge in [-0.05, 0) is 23.8 Å². The quantitative estimate of drug-likeness (QED) is 0.899. The molecule has 0 radical (unpaired) electrons. The zero-order valence-electron chi connectivity index (χ0n) is 10.5. The average molecular weight is 263 g/mol. The van der Waals surface area contributed by atoms with Crippen molar-refractivity contribution in [1.29, 1.82) is 0 Å². The minimum atomic E-state index is -0.632. The Morgan fingerprint density at radius 2 is 2.16 bits per heavy atom. The molecule has 0 aliphatic carbocycles. The van der Waals surface area contributed by atoms with E-state index >= 15 is 0 Å². The van der Waals surface area contributed by atoms with Crippen molar-refractivity contribution in [3.05, 3.63) is 53.5 Å². The van der Waals surface area contributed by atoms with E-state index in [9.17, 15) is 4.39 Å². The zero-order chi connectivity index (χ0) is 13.7. The highest BCUT2D eigenvalue weighted by atomic mass is 19.1. The van der Waals surface area contributed by atoms with E-state index in [-0.39, 0.29) is 24.7 Å². The molecule has 100 valence electrons. The van der Waals surface area contributed by atoms with Gasteiger partial charge in [0.1, 0.15) is 12.4 Å². The van der Waals surface area contributed by atoms with E-state index < -0.39 is 5.82 Å². The fourth-order valence-corrected chi connectivity index (χ4v) is 1.60. The van der Waals surface area contributed by atoms with Crippen LogP contribution in [0.15, 0.2) is 36.5 Å². The van der Waals surface area contributed by atoms with Gasteiger partial charge < -0.3 is 14.6 Å². The molecule has 0 amide bonds. The molecule has 1 heterocycles. The average Bonchev–Trinajstić information content (AvgIpc) is 2.46. The molecule has 2 aromatic rings. The molecule has 0 atom stereocenters. The van der Waals surface area contributed by atoms with E-state index in [1.165, 1.54) is 12.3 Å². The summed E-state index contributed by atoms with van der Waals surface area (Å²) >= 11 is 0. The highest BCUT2D eigenvalue weighted by Crippen LogP contribution is 2.19. The minimum absolute atomic E-state index is 0.116. The second-order valence-corrected chi connectivity index (χ2v) is 3.89. The van der Waals surface area contributed by atoms with Gasteiger partial charge in [-0.1, -0.05) is 12.1 Å². The number of nitrogens with zero attached hydrogens (tertiary/aromatic N) is 1. The number of halogens is 1. The van der Waals surface area contributed by atoms with Crippen molar-refractivity contribution in [3.63, 3.8) is 0 Å². The normalized spacial score (nSPS) is 10.3. The molecule has 0 aliphatic heterocycles. The van der Waals surface area contributed by atoms with E-state index in [0.29, 0.717) is 5.75 Å². The molecule has 0 bridgehead atoms. The highest BCUT2D eigenvalue weighted by Gasteiger charge is 2.10. The van der Waals surface area contributed by atoms with Crippen molar-refractivity contribution in [2.45, 2.75) is 13.2 Å². The largest absolute Gasteiger partial charge is 0.497 e. The van der Waals surface area contributed by atoms with Gasteiger partial charge in [0.2, 0.25) is 0 Å². The Morgan fingerprint density at radius 3 is 2.89 bits per heavy atom. The number of pyridine rings is 1. The van der Waals surface area contributed by atoms with Gasteiger partial charge in [-0.25, -0.2) is 9.37 Å². The van der Waals surface area contributed by atoms with Crippen molar-refractivity contribution >= 4 is 0 Å². The Labute approximate surface area is 110 Å². The van der Waals surface area contributed by atoms with Gasteiger partial charge in [-0.2, -0.15) is 0 Å². The number of hydrogen-bond acceptors (Lipinski definition) is 4. The second-order valence-electron chi connectivity index (χ2n) is 3.89. The van der Waals surface area contributed by atoms with Crippen LogP contribution in [0.3, 0.4) is 0 Å². The van der Waals surface area contributed by atoms with Gasteiger partial charge in [-0.3, -0.25) is 0 Å². The molecule has 19 heavy (non-hydrogen) atoms. The summed E-state index contributed by atoms with van der Waals surface area (Å²) in [6.45, 7) is -0.208. The van der Waals surface area contributed by atoms with Crippen LogP contribution < -0.4 is 9.47 Å². The summed E-state index contributed by atoms with van der Waals surface area (Å²) in [6.07, 6.45) is 1.40. The number of methoxy groups -OCH3 is 1. The van der Waals surface area contributed by atoms with Crippen molar-refractivity contribution in [1.82, 2.24) is 4.98 Å². The minimum Gasteiger partial charge on any atom is -0.497 e. The lowest BCUT2D eigenvalue weighted by atomic mass is 10.2. The number of aromatic nitrogens is 1. The van der Waals surface area contributed by atoms with E-state index in [0.717, 1.165) is 5.56 Å². The van der Waals surface area contributed by atoms with Crippen LogP contribution in [0.25, 0.3) is 0 Å². The molecule has 1 aromatic heterocycles. The lowest BCUT2D eigenvalue weighted by Gasteiger charge is -2.09. The Kier molecular flexibility index (Phi) is 4.30. The summed E-state index contributed by atoms with van der Waals surface area (Å²) in [5.41, 5.74) is 1.01. The first kappa shape index (κ1) is 13.3. The van der Waals surface area contributed by atoms with Crippen LogP contribution in [-0.2, 0) is 13.2 Å². The maximum atomic E-state index is 13.7. The molecular weight excluding hydrogens is 249 g/mol. The first-order valence-corrected chi connectivity index (χ1v) is 5.74. The summed E-state index contributed by atoms with van der Waals surface area (Å²) in [5, 5.41) is 8.96. The van der Waals surface area contributed by atoms with Gasteiger partial charge in [0.15, 0.2) is 5.82 Å². The maximum absolute atomic E-state index is 13.7. The smallest absolute Gasteiger partial charge is 0.251 e. The molecule has 1 aromatic carbocycles. The molecule has 5 heteroatoms. The van der Waals surface area contributed by atoms with Gasteiger partial charge >= 0.3 is 0 Å².